The molecule has 0 bridgehead atoms. The van der Waals surface area contributed by atoms with Crippen molar-refractivity contribution in [3.05, 3.63) is 53.6 Å². The minimum absolute atomic E-state index is 0.105. The zero-order valence-electron chi connectivity index (χ0n) is 11.9. The van der Waals surface area contributed by atoms with E-state index in [4.69, 9.17) is 11.0 Å². The molecule has 0 saturated heterocycles. The van der Waals surface area contributed by atoms with E-state index in [2.05, 4.69) is 11.4 Å². The quantitative estimate of drug-likeness (QED) is 0.847. The minimum atomic E-state index is -0.105. The number of nitrogens with one attached hydrogen (secondary N) is 1. The van der Waals surface area contributed by atoms with Crippen LogP contribution in [0.2, 0.25) is 0 Å². The van der Waals surface area contributed by atoms with Crippen LogP contribution in [0.3, 0.4) is 0 Å². The first-order valence-electron chi connectivity index (χ1n) is 6.40. The molecule has 0 fully saturated rings. The summed E-state index contributed by atoms with van der Waals surface area (Å²) in [5.41, 5.74) is 8.75. The Morgan fingerprint density at radius 1 is 1.19 bits per heavy atom. The summed E-state index contributed by atoms with van der Waals surface area (Å²) >= 11 is 0. The highest BCUT2D eigenvalue weighted by molar-refractivity contribution is 5.96. The molecule has 2 rings (SSSR count). The van der Waals surface area contributed by atoms with E-state index in [9.17, 15) is 4.79 Å². The fourth-order valence-corrected chi connectivity index (χ4v) is 1.89. The molecule has 2 aromatic carbocycles. The van der Waals surface area contributed by atoms with E-state index in [1.54, 1.807) is 50.5 Å². The number of anilines is 3. The molecule has 5 heteroatoms. The van der Waals surface area contributed by atoms with Gasteiger partial charge in [0, 0.05) is 19.7 Å². The maximum Gasteiger partial charge on any atom is 0.253 e. The number of para-hydroxylation sites is 1. The van der Waals surface area contributed by atoms with Crippen molar-refractivity contribution < 1.29 is 4.79 Å². The molecular weight excluding hydrogens is 264 g/mol. The Labute approximate surface area is 123 Å². The van der Waals surface area contributed by atoms with Gasteiger partial charge in [-0.3, -0.25) is 4.79 Å². The number of nitrogens with two attached hydrogens (primary N) is 1. The molecule has 0 aliphatic rings. The Morgan fingerprint density at radius 2 is 1.90 bits per heavy atom. The second kappa shape index (κ2) is 5.97. The average Bonchev–Trinajstić information content (AvgIpc) is 2.49. The third-order valence-electron chi connectivity index (χ3n) is 3.02. The molecular formula is C16H16N4O. The molecule has 21 heavy (non-hydrogen) atoms. The SMILES string of the molecule is CN(C)C(=O)c1ccc(N)c(Nc2ccccc2C#N)c1. The van der Waals surface area contributed by atoms with Crippen LogP contribution in [-0.2, 0) is 0 Å². The molecule has 106 valence electrons. The highest BCUT2D eigenvalue weighted by Crippen LogP contribution is 2.26. The smallest absolute Gasteiger partial charge is 0.253 e. The monoisotopic (exact) mass is 280 g/mol. The van der Waals surface area contributed by atoms with E-state index in [1.807, 2.05) is 6.07 Å². The van der Waals surface area contributed by atoms with Crippen molar-refractivity contribution in [3.8, 4) is 6.07 Å². The Bertz CT molecular complexity index is 716. The average molecular weight is 280 g/mol. The van der Waals surface area contributed by atoms with Gasteiger partial charge in [0.25, 0.3) is 5.91 Å². The lowest BCUT2D eigenvalue weighted by Gasteiger charge is -2.14. The van der Waals surface area contributed by atoms with Crippen LogP contribution in [0.4, 0.5) is 17.1 Å². The van der Waals surface area contributed by atoms with Gasteiger partial charge in [0.15, 0.2) is 0 Å². The highest BCUT2D eigenvalue weighted by Gasteiger charge is 2.11. The fourth-order valence-electron chi connectivity index (χ4n) is 1.89. The van der Waals surface area contributed by atoms with Crippen molar-refractivity contribution in [2.45, 2.75) is 0 Å². The van der Waals surface area contributed by atoms with E-state index >= 15 is 0 Å². The third kappa shape index (κ3) is 3.12. The van der Waals surface area contributed by atoms with Crippen LogP contribution in [0.25, 0.3) is 0 Å². The second-order valence-electron chi connectivity index (χ2n) is 4.78. The summed E-state index contributed by atoms with van der Waals surface area (Å²) < 4.78 is 0. The Morgan fingerprint density at radius 3 is 2.57 bits per heavy atom. The lowest BCUT2D eigenvalue weighted by Crippen LogP contribution is -2.21. The molecule has 0 aliphatic carbocycles. The van der Waals surface area contributed by atoms with Gasteiger partial charge in [-0.15, -0.1) is 0 Å². The zero-order valence-corrected chi connectivity index (χ0v) is 11.9. The summed E-state index contributed by atoms with van der Waals surface area (Å²) in [5, 5.41) is 12.2. The first-order chi connectivity index (χ1) is 10.0. The number of nitrogen functional groups attached to an aromatic ring is 1. The second-order valence-corrected chi connectivity index (χ2v) is 4.78. The van der Waals surface area contributed by atoms with Crippen LogP contribution in [-0.4, -0.2) is 24.9 Å². The topological polar surface area (TPSA) is 82.2 Å². The molecule has 0 spiro atoms. The van der Waals surface area contributed by atoms with Gasteiger partial charge in [0.05, 0.1) is 22.6 Å². The number of nitriles is 1. The maximum absolute atomic E-state index is 12.0. The minimum Gasteiger partial charge on any atom is -0.397 e. The van der Waals surface area contributed by atoms with Gasteiger partial charge in [-0.25, -0.2) is 0 Å². The summed E-state index contributed by atoms with van der Waals surface area (Å²) in [5.74, 6) is -0.105. The van der Waals surface area contributed by atoms with Crippen LogP contribution < -0.4 is 11.1 Å². The number of benzene rings is 2. The van der Waals surface area contributed by atoms with Crippen LogP contribution in [0.5, 0.6) is 0 Å². The summed E-state index contributed by atoms with van der Waals surface area (Å²) in [6.07, 6.45) is 0. The fraction of sp³-hybridized carbons (Fsp3) is 0.125. The molecule has 0 unspecified atom stereocenters. The van der Waals surface area contributed by atoms with Crippen molar-refractivity contribution in [3.63, 3.8) is 0 Å². The van der Waals surface area contributed by atoms with Gasteiger partial charge in [0.2, 0.25) is 0 Å². The number of hydrogen-bond acceptors (Lipinski definition) is 4. The summed E-state index contributed by atoms with van der Waals surface area (Å²) in [6.45, 7) is 0. The van der Waals surface area contributed by atoms with Gasteiger partial charge < -0.3 is 16.0 Å². The molecule has 2 aromatic rings. The molecule has 0 radical (unpaired) electrons. The molecule has 0 atom stereocenters. The van der Waals surface area contributed by atoms with Crippen molar-refractivity contribution in [1.29, 1.82) is 5.26 Å². The van der Waals surface area contributed by atoms with Crippen molar-refractivity contribution >= 4 is 23.0 Å². The van der Waals surface area contributed by atoms with Crippen molar-refractivity contribution in [1.82, 2.24) is 4.90 Å². The van der Waals surface area contributed by atoms with E-state index < -0.39 is 0 Å². The predicted octanol–water partition coefficient (Wildman–Crippen LogP) is 2.59. The molecule has 0 aliphatic heterocycles. The molecule has 1 amide bonds. The van der Waals surface area contributed by atoms with E-state index in [-0.39, 0.29) is 5.91 Å². The largest absolute Gasteiger partial charge is 0.397 e. The first kappa shape index (κ1) is 14.4. The number of amides is 1. The Balaban J connectivity index is 2.38. The zero-order chi connectivity index (χ0) is 15.4. The van der Waals surface area contributed by atoms with Gasteiger partial charge in [-0.1, -0.05) is 12.1 Å². The maximum atomic E-state index is 12.0. The molecule has 5 nitrogen and oxygen atoms in total. The molecule has 3 N–H and O–H groups in total. The van der Waals surface area contributed by atoms with Crippen molar-refractivity contribution in [2.24, 2.45) is 0 Å². The highest BCUT2D eigenvalue weighted by atomic mass is 16.2. The summed E-state index contributed by atoms with van der Waals surface area (Å²) in [6, 6.07) is 14.3. The van der Waals surface area contributed by atoms with E-state index in [1.165, 1.54) is 4.90 Å². The molecule has 0 heterocycles. The number of carbonyl (C=O) groups excluding carboxylic acids is 1. The number of nitrogens with zero attached hydrogens (tertiary/aromatic N) is 2. The summed E-state index contributed by atoms with van der Waals surface area (Å²) in [7, 11) is 3.38. The van der Waals surface area contributed by atoms with Gasteiger partial charge >= 0.3 is 0 Å². The van der Waals surface area contributed by atoms with Crippen LogP contribution >= 0.6 is 0 Å². The molecule has 0 aromatic heterocycles. The van der Waals surface area contributed by atoms with Crippen LogP contribution in [0, 0.1) is 11.3 Å². The first-order valence-corrected chi connectivity index (χ1v) is 6.40. The van der Waals surface area contributed by atoms with Gasteiger partial charge in [-0.2, -0.15) is 5.26 Å². The number of hydrogen-bond donors (Lipinski definition) is 2. The van der Waals surface area contributed by atoms with Gasteiger partial charge in [0.1, 0.15) is 6.07 Å². The standard InChI is InChI=1S/C16H16N4O/c1-20(2)16(21)11-7-8-13(18)15(9-11)19-14-6-4-3-5-12(14)10-17/h3-9,19H,18H2,1-2H3. The third-order valence-corrected chi connectivity index (χ3v) is 3.02. The predicted molar refractivity (Wildman–Crippen MR) is 83.3 cm³/mol. The van der Waals surface area contributed by atoms with Crippen LogP contribution in [0.1, 0.15) is 15.9 Å². The lowest BCUT2D eigenvalue weighted by atomic mass is 10.1. The lowest BCUT2D eigenvalue weighted by molar-refractivity contribution is 0.0827. The van der Waals surface area contributed by atoms with Crippen molar-refractivity contribution in [2.75, 3.05) is 25.1 Å². The Kier molecular flexibility index (Phi) is 4.10. The number of rotatable bonds is 3. The Hall–Kier alpha value is -3.00. The van der Waals surface area contributed by atoms with Crippen LogP contribution in [0.15, 0.2) is 42.5 Å². The number of carbonyl (C=O) groups is 1. The van der Waals surface area contributed by atoms with E-state index in [0.29, 0.717) is 28.2 Å². The van der Waals surface area contributed by atoms with E-state index in [0.717, 1.165) is 0 Å². The van der Waals surface area contributed by atoms with Gasteiger partial charge in [-0.05, 0) is 30.3 Å². The molecule has 0 saturated carbocycles. The normalized spacial score (nSPS) is 9.76. The summed E-state index contributed by atoms with van der Waals surface area (Å²) in [4.78, 5) is 13.5.